The molecular formula is C21H26F2N6O5. The Kier molecular flexibility index (Phi) is 5.66. The van der Waals surface area contributed by atoms with E-state index in [2.05, 4.69) is 25.9 Å². The number of aromatic amines is 1. The first-order valence-corrected chi connectivity index (χ1v) is 11.2. The topological polar surface area (TPSA) is 143 Å². The van der Waals surface area contributed by atoms with Gasteiger partial charge in [-0.2, -0.15) is 5.10 Å². The second kappa shape index (κ2) is 8.53. The number of hydrogen-bond acceptors (Lipinski definition) is 7. The van der Waals surface area contributed by atoms with Gasteiger partial charge in [0.05, 0.1) is 6.10 Å². The van der Waals surface area contributed by atoms with Gasteiger partial charge in [-0.1, -0.05) is 0 Å². The monoisotopic (exact) mass is 480 g/mol. The van der Waals surface area contributed by atoms with Crippen LogP contribution in [0.15, 0.2) is 12.1 Å². The summed E-state index contributed by atoms with van der Waals surface area (Å²) in [5.41, 5.74) is 0.699. The fourth-order valence-corrected chi connectivity index (χ4v) is 5.04. The molecule has 4 N–H and O–H groups in total. The number of alkyl carbamates (subject to hydrolysis) is 1. The first-order chi connectivity index (χ1) is 16.2. The third kappa shape index (κ3) is 4.43. The highest BCUT2D eigenvalue weighted by Crippen LogP contribution is 2.57. The summed E-state index contributed by atoms with van der Waals surface area (Å²) in [5.74, 6) is 0.219. The molecule has 2 bridgehead atoms. The number of carbonyl (C=O) groups is 2. The van der Waals surface area contributed by atoms with Crippen LogP contribution in [0.3, 0.4) is 0 Å². The molecule has 34 heavy (non-hydrogen) atoms. The van der Waals surface area contributed by atoms with Gasteiger partial charge in [-0.3, -0.25) is 14.6 Å². The van der Waals surface area contributed by atoms with Crippen molar-refractivity contribution in [2.24, 2.45) is 13.0 Å². The number of aliphatic hydroxyl groups excluding tert-OH is 1. The number of nitrogens with zero attached hydrogens (tertiary/aromatic N) is 3. The highest BCUT2D eigenvalue weighted by Gasteiger charge is 2.58. The summed E-state index contributed by atoms with van der Waals surface area (Å²) in [6.07, 6.45) is -0.751. The molecule has 3 unspecified atom stereocenters. The normalized spacial score (nSPS) is 29.3. The number of carbonyl (C=O) groups excluding carboxylic acids is 2. The number of aliphatic hydroxyl groups is 1. The highest BCUT2D eigenvalue weighted by molar-refractivity contribution is 6.02. The second-order valence-electron chi connectivity index (χ2n) is 9.42. The molecule has 3 atom stereocenters. The second-order valence-corrected chi connectivity index (χ2v) is 9.42. The van der Waals surface area contributed by atoms with Gasteiger partial charge in [0.2, 0.25) is 5.88 Å². The van der Waals surface area contributed by atoms with Gasteiger partial charge < -0.3 is 25.2 Å². The third-order valence-corrected chi connectivity index (χ3v) is 6.86. The number of rotatable bonds is 8. The van der Waals surface area contributed by atoms with Crippen molar-refractivity contribution in [1.29, 1.82) is 0 Å². The molecular weight excluding hydrogens is 454 g/mol. The van der Waals surface area contributed by atoms with Crippen LogP contribution in [0.1, 0.15) is 54.2 Å². The molecule has 6 rings (SSSR count). The first kappa shape index (κ1) is 22.6. The minimum atomic E-state index is -2.65. The summed E-state index contributed by atoms with van der Waals surface area (Å²) in [6, 6.07) is 2.91. The van der Waals surface area contributed by atoms with Crippen LogP contribution in [-0.4, -0.2) is 67.9 Å². The lowest BCUT2D eigenvalue weighted by Gasteiger charge is -2.61. The SMILES string of the molecule is Cn1nc(OCC(F)F)cc1C(=O)Nc1cc(C2CC(O)C(OC(=O)NC34CC(C3)C4)C2)[nH]n1. The Morgan fingerprint density at radius 1 is 1.32 bits per heavy atom. The Balaban J connectivity index is 1.15. The average molecular weight is 480 g/mol. The summed E-state index contributed by atoms with van der Waals surface area (Å²) in [4.78, 5) is 24.8. The molecule has 11 nitrogen and oxygen atoms in total. The number of H-pyrrole nitrogens is 1. The fraction of sp³-hybridized carbons (Fsp3) is 0.619. The predicted molar refractivity (Wildman–Crippen MR) is 113 cm³/mol. The Hall–Kier alpha value is -3.22. The van der Waals surface area contributed by atoms with E-state index in [1.165, 1.54) is 17.8 Å². The molecule has 184 valence electrons. The molecule has 0 spiro atoms. The van der Waals surface area contributed by atoms with Crippen LogP contribution in [0.2, 0.25) is 0 Å². The third-order valence-electron chi connectivity index (χ3n) is 6.86. The van der Waals surface area contributed by atoms with Crippen LogP contribution >= 0.6 is 0 Å². The zero-order chi connectivity index (χ0) is 24.0. The Morgan fingerprint density at radius 3 is 2.76 bits per heavy atom. The highest BCUT2D eigenvalue weighted by atomic mass is 19.3. The quantitative estimate of drug-likeness (QED) is 0.452. The summed E-state index contributed by atoms with van der Waals surface area (Å²) < 4.78 is 36.1. The van der Waals surface area contributed by atoms with E-state index in [4.69, 9.17) is 9.47 Å². The van der Waals surface area contributed by atoms with E-state index in [0.29, 0.717) is 18.5 Å². The van der Waals surface area contributed by atoms with Gasteiger partial charge in [0.15, 0.2) is 12.4 Å². The molecule has 2 aromatic rings. The predicted octanol–water partition coefficient (Wildman–Crippen LogP) is 1.92. The summed E-state index contributed by atoms with van der Waals surface area (Å²) >= 11 is 0. The molecule has 2 aromatic heterocycles. The molecule has 4 fully saturated rings. The Bertz CT molecular complexity index is 1070. The molecule has 13 heteroatoms. The van der Waals surface area contributed by atoms with Crippen LogP contribution in [-0.2, 0) is 11.8 Å². The van der Waals surface area contributed by atoms with Gasteiger partial charge in [0.1, 0.15) is 11.8 Å². The van der Waals surface area contributed by atoms with Crippen LogP contribution < -0.4 is 15.4 Å². The maximum absolute atomic E-state index is 12.6. The maximum atomic E-state index is 12.6. The van der Waals surface area contributed by atoms with Crippen molar-refractivity contribution in [2.75, 3.05) is 11.9 Å². The molecule has 0 radical (unpaired) electrons. The summed E-state index contributed by atoms with van der Waals surface area (Å²) in [7, 11) is 1.49. The maximum Gasteiger partial charge on any atom is 0.407 e. The minimum Gasteiger partial charge on any atom is -0.471 e. The standard InChI is InChI=1S/C21H26F2N6O5/c1-29-13(5-18(28-29)33-9-16(22)23)19(31)24-17-4-12(26-27-17)11-2-14(30)15(3-11)34-20(32)25-21-6-10(7-21)8-21/h4-5,10-11,14-16,30H,2-3,6-9H2,1H3,(H,25,32)(H2,24,26,27,31). The molecule has 2 heterocycles. The lowest BCUT2D eigenvalue weighted by atomic mass is 9.50. The zero-order valence-corrected chi connectivity index (χ0v) is 18.5. The number of aryl methyl sites for hydroxylation is 1. The summed E-state index contributed by atoms with van der Waals surface area (Å²) in [5, 5.41) is 26.8. The largest absolute Gasteiger partial charge is 0.471 e. The van der Waals surface area contributed by atoms with E-state index in [1.54, 1.807) is 6.07 Å². The van der Waals surface area contributed by atoms with E-state index >= 15 is 0 Å². The van der Waals surface area contributed by atoms with E-state index in [9.17, 15) is 23.5 Å². The molecule has 2 amide bonds. The summed E-state index contributed by atoms with van der Waals surface area (Å²) in [6.45, 7) is -0.818. The van der Waals surface area contributed by atoms with Crippen molar-refractivity contribution < 1.29 is 33.0 Å². The number of amides is 2. The number of anilines is 1. The van der Waals surface area contributed by atoms with Crippen LogP contribution in [0, 0.1) is 5.92 Å². The van der Waals surface area contributed by atoms with Crippen LogP contribution in [0.4, 0.5) is 19.4 Å². The average Bonchev–Trinajstić information content (AvgIpc) is 3.41. The molecule has 0 aliphatic heterocycles. The van der Waals surface area contributed by atoms with E-state index in [-0.39, 0.29) is 28.8 Å². The van der Waals surface area contributed by atoms with Gasteiger partial charge in [0.25, 0.3) is 12.3 Å². The van der Waals surface area contributed by atoms with Gasteiger partial charge in [0, 0.05) is 36.3 Å². The minimum absolute atomic E-state index is 0.0836. The van der Waals surface area contributed by atoms with E-state index in [1.807, 2.05) is 0 Å². The van der Waals surface area contributed by atoms with Gasteiger partial charge >= 0.3 is 6.09 Å². The molecule has 4 saturated carbocycles. The lowest BCUT2D eigenvalue weighted by molar-refractivity contribution is -0.0559. The molecule has 4 aliphatic rings. The van der Waals surface area contributed by atoms with Crippen molar-refractivity contribution in [3.05, 3.63) is 23.5 Å². The van der Waals surface area contributed by atoms with Gasteiger partial charge in [-0.05, 0) is 38.0 Å². The van der Waals surface area contributed by atoms with Crippen molar-refractivity contribution in [3.8, 4) is 5.88 Å². The van der Waals surface area contributed by atoms with Gasteiger partial charge in [-0.25, -0.2) is 13.6 Å². The fourth-order valence-electron chi connectivity index (χ4n) is 5.04. The molecule has 4 aliphatic carbocycles. The van der Waals surface area contributed by atoms with Crippen molar-refractivity contribution in [2.45, 2.75) is 62.2 Å². The molecule has 0 saturated heterocycles. The van der Waals surface area contributed by atoms with Crippen LogP contribution in [0.5, 0.6) is 5.88 Å². The number of hydrogen-bond donors (Lipinski definition) is 4. The zero-order valence-electron chi connectivity index (χ0n) is 18.5. The number of ether oxygens (including phenoxy) is 2. The van der Waals surface area contributed by atoms with Crippen molar-refractivity contribution in [3.63, 3.8) is 0 Å². The van der Waals surface area contributed by atoms with E-state index in [0.717, 1.165) is 25.2 Å². The Morgan fingerprint density at radius 2 is 2.09 bits per heavy atom. The number of nitrogens with one attached hydrogen (secondary N) is 3. The smallest absolute Gasteiger partial charge is 0.407 e. The molecule has 0 aromatic carbocycles. The van der Waals surface area contributed by atoms with E-state index < -0.39 is 37.2 Å². The van der Waals surface area contributed by atoms with Gasteiger partial charge in [-0.15, -0.1) is 5.10 Å². The lowest BCUT2D eigenvalue weighted by Crippen LogP contribution is -2.68. The van der Waals surface area contributed by atoms with Crippen molar-refractivity contribution >= 4 is 17.8 Å². The van der Waals surface area contributed by atoms with Crippen LogP contribution in [0.25, 0.3) is 0 Å². The number of halogens is 2. The first-order valence-electron chi connectivity index (χ1n) is 11.2. The number of alkyl halides is 2. The number of aromatic nitrogens is 4. The Labute approximate surface area is 193 Å². The van der Waals surface area contributed by atoms with Crippen molar-refractivity contribution in [1.82, 2.24) is 25.3 Å².